The van der Waals surface area contributed by atoms with E-state index >= 15 is 0 Å². The highest BCUT2D eigenvalue weighted by Gasteiger charge is 2.35. The molecule has 4 heteroatoms. The van der Waals surface area contributed by atoms with Crippen LogP contribution in [-0.2, 0) is 11.3 Å². The topological polar surface area (TPSA) is 41.6 Å². The number of hydrogen-bond acceptors (Lipinski definition) is 3. The summed E-state index contributed by atoms with van der Waals surface area (Å²) < 4.78 is 5.49. The van der Waals surface area contributed by atoms with Crippen molar-refractivity contribution in [2.75, 3.05) is 13.1 Å². The molecular weight excluding hydrogens is 264 g/mol. The number of nitrogens with one attached hydrogen (secondary N) is 1. The van der Waals surface area contributed by atoms with Crippen LogP contribution >= 0.6 is 0 Å². The number of hydrogen-bond donors (Lipinski definition) is 1. The zero-order valence-electron chi connectivity index (χ0n) is 12.5. The van der Waals surface area contributed by atoms with Crippen LogP contribution in [-0.4, -0.2) is 36.2 Å². The molecule has 1 aliphatic carbocycles. The molecule has 2 fully saturated rings. The summed E-state index contributed by atoms with van der Waals surface area (Å²) in [7, 11) is 0. The van der Waals surface area contributed by atoms with Gasteiger partial charge in [0.2, 0.25) is 0 Å². The molecule has 2 aliphatic rings. The second-order valence-corrected chi connectivity index (χ2v) is 6.07. The second-order valence-electron chi connectivity index (χ2n) is 6.07. The summed E-state index contributed by atoms with van der Waals surface area (Å²) in [6.07, 6.45) is 5.75. The average molecular weight is 288 g/mol. The number of nitrogens with zero attached hydrogens (tertiary/aromatic N) is 1. The molecule has 4 nitrogen and oxygen atoms in total. The minimum Gasteiger partial charge on any atom is -0.445 e. The molecule has 1 atom stereocenters. The number of ether oxygens (including phenoxy) is 1. The summed E-state index contributed by atoms with van der Waals surface area (Å²) in [5, 5.41) is 3.51. The third kappa shape index (κ3) is 4.21. The lowest BCUT2D eigenvalue weighted by molar-refractivity contribution is 0.0881. The van der Waals surface area contributed by atoms with Crippen LogP contribution in [0.3, 0.4) is 0 Å². The highest BCUT2D eigenvalue weighted by atomic mass is 16.6. The van der Waals surface area contributed by atoms with Crippen molar-refractivity contribution in [3.63, 3.8) is 0 Å². The first-order chi connectivity index (χ1) is 10.3. The Labute approximate surface area is 126 Å². The van der Waals surface area contributed by atoms with Crippen LogP contribution in [0.4, 0.5) is 4.79 Å². The molecule has 0 unspecified atom stereocenters. The molecule has 114 valence electrons. The maximum atomic E-state index is 12.3. The molecule has 1 aliphatic heterocycles. The van der Waals surface area contributed by atoms with Gasteiger partial charge in [-0.2, -0.15) is 0 Å². The third-order valence-corrected chi connectivity index (χ3v) is 4.26. The van der Waals surface area contributed by atoms with Gasteiger partial charge in [-0.15, -0.1) is 0 Å². The maximum absolute atomic E-state index is 12.3. The van der Waals surface area contributed by atoms with E-state index in [1.165, 1.54) is 12.8 Å². The second kappa shape index (κ2) is 6.94. The van der Waals surface area contributed by atoms with Crippen LogP contribution in [0.2, 0.25) is 0 Å². The first kappa shape index (κ1) is 14.4. The van der Waals surface area contributed by atoms with Gasteiger partial charge in [0, 0.05) is 18.6 Å². The van der Waals surface area contributed by atoms with Crippen molar-refractivity contribution in [2.45, 2.75) is 50.8 Å². The van der Waals surface area contributed by atoms with Crippen molar-refractivity contribution in [3.8, 4) is 0 Å². The molecular formula is C17H24N2O2. The number of carbonyl (C=O) groups is 1. The number of piperidine rings is 1. The highest BCUT2D eigenvalue weighted by Crippen LogP contribution is 2.28. The van der Waals surface area contributed by atoms with Crippen LogP contribution in [0.5, 0.6) is 0 Å². The maximum Gasteiger partial charge on any atom is 0.410 e. The van der Waals surface area contributed by atoms with Crippen LogP contribution in [0.1, 0.15) is 37.7 Å². The zero-order chi connectivity index (χ0) is 14.5. The van der Waals surface area contributed by atoms with Gasteiger partial charge in [-0.3, -0.25) is 0 Å². The van der Waals surface area contributed by atoms with Crippen molar-refractivity contribution >= 4 is 6.09 Å². The van der Waals surface area contributed by atoms with E-state index in [1.807, 2.05) is 35.2 Å². The van der Waals surface area contributed by atoms with Crippen LogP contribution in [0.15, 0.2) is 30.3 Å². The lowest BCUT2D eigenvalue weighted by Crippen LogP contribution is -2.46. The number of benzene rings is 1. The standard InChI is InChI=1S/C17H24N2O2/c20-17(21-13-14-6-2-1-3-7-14)19(16-9-10-16)12-15-8-4-5-11-18-15/h1-3,6-7,15-16,18H,4-5,8-13H2/t15-/m0/s1. The van der Waals surface area contributed by atoms with Gasteiger partial charge in [0.15, 0.2) is 0 Å². The minimum atomic E-state index is -0.159. The Hall–Kier alpha value is -1.55. The fourth-order valence-electron chi connectivity index (χ4n) is 2.88. The van der Waals surface area contributed by atoms with Gasteiger partial charge >= 0.3 is 6.09 Å². The molecule has 0 spiro atoms. The van der Waals surface area contributed by atoms with Gasteiger partial charge in [-0.1, -0.05) is 36.8 Å². The van der Waals surface area contributed by atoms with Crippen molar-refractivity contribution in [3.05, 3.63) is 35.9 Å². The highest BCUT2D eigenvalue weighted by molar-refractivity contribution is 5.68. The van der Waals surface area contributed by atoms with Crippen molar-refractivity contribution in [2.24, 2.45) is 0 Å². The molecule has 1 saturated carbocycles. The third-order valence-electron chi connectivity index (χ3n) is 4.26. The molecule has 0 aromatic heterocycles. The van der Waals surface area contributed by atoms with E-state index in [1.54, 1.807) is 0 Å². The Morgan fingerprint density at radius 3 is 2.67 bits per heavy atom. The van der Waals surface area contributed by atoms with Crippen LogP contribution in [0.25, 0.3) is 0 Å². The number of amides is 1. The van der Waals surface area contributed by atoms with E-state index in [0.29, 0.717) is 18.7 Å². The molecule has 1 heterocycles. The predicted octanol–water partition coefficient (Wildman–Crippen LogP) is 2.93. The van der Waals surface area contributed by atoms with Gasteiger partial charge in [0.1, 0.15) is 6.61 Å². The summed E-state index contributed by atoms with van der Waals surface area (Å²) in [5.74, 6) is 0. The van der Waals surface area contributed by atoms with Gasteiger partial charge in [-0.25, -0.2) is 4.79 Å². The largest absolute Gasteiger partial charge is 0.445 e. The van der Waals surface area contributed by atoms with Crippen molar-refractivity contribution < 1.29 is 9.53 Å². The van der Waals surface area contributed by atoms with Gasteiger partial charge in [0.25, 0.3) is 0 Å². The molecule has 1 aromatic carbocycles. The van der Waals surface area contributed by atoms with Crippen molar-refractivity contribution in [1.82, 2.24) is 10.2 Å². The lowest BCUT2D eigenvalue weighted by Gasteiger charge is -2.30. The SMILES string of the molecule is O=C(OCc1ccccc1)N(C[C@@H]1CCCCN1)C1CC1. The number of rotatable bonds is 5. The van der Waals surface area contributed by atoms with E-state index in [9.17, 15) is 4.79 Å². The Balaban J connectivity index is 1.52. The summed E-state index contributed by atoms with van der Waals surface area (Å²) in [4.78, 5) is 14.3. The first-order valence-electron chi connectivity index (χ1n) is 8.03. The number of carbonyl (C=O) groups excluding carboxylic acids is 1. The Morgan fingerprint density at radius 1 is 1.19 bits per heavy atom. The molecule has 21 heavy (non-hydrogen) atoms. The molecule has 1 N–H and O–H groups in total. The minimum absolute atomic E-state index is 0.159. The summed E-state index contributed by atoms with van der Waals surface area (Å²) in [5.41, 5.74) is 1.04. The summed E-state index contributed by atoms with van der Waals surface area (Å²) in [6, 6.07) is 10.7. The fourth-order valence-corrected chi connectivity index (χ4v) is 2.88. The predicted molar refractivity (Wildman–Crippen MR) is 82.0 cm³/mol. The molecule has 1 amide bonds. The summed E-state index contributed by atoms with van der Waals surface area (Å²) >= 11 is 0. The average Bonchev–Trinajstić information content (AvgIpc) is 3.37. The van der Waals surface area contributed by atoms with Crippen LogP contribution in [0, 0.1) is 0 Å². The van der Waals surface area contributed by atoms with E-state index in [4.69, 9.17) is 4.74 Å². The van der Waals surface area contributed by atoms with Crippen LogP contribution < -0.4 is 5.32 Å². The first-order valence-corrected chi connectivity index (χ1v) is 8.03. The van der Waals surface area contributed by atoms with E-state index < -0.39 is 0 Å². The Morgan fingerprint density at radius 2 is 2.00 bits per heavy atom. The smallest absolute Gasteiger partial charge is 0.410 e. The van der Waals surface area contributed by atoms with E-state index in [-0.39, 0.29) is 6.09 Å². The zero-order valence-corrected chi connectivity index (χ0v) is 12.5. The lowest BCUT2D eigenvalue weighted by atomic mass is 10.0. The normalized spacial score (nSPS) is 21.8. The van der Waals surface area contributed by atoms with Gasteiger partial charge in [-0.05, 0) is 37.8 Å². The fraction of sp³-hybridized carbons (Fsp3) is 0.588. The molecule has 3 rings (SSSR count). The molecule has 1 aromatic rings. The van der Waals surface area contributed by atoms with E-state index in [2.05, 4.69) is 5.32 Å². The van der Waals surface area contributed by atoms with Gasteiger partial charge < -0.3 is 15.0 Å². The Kier molecular flexibility index (Phi) is 4.76. The monoisotopic (exact) mass is 288 g/mol. The van der Waals surface area contributed by atoms with Gasteiger partial charge in [0.05, 0.1) is 0 Å². The molecule has 1 saturated heterocycles. The Bertz CT molecular complexity index is 453. The molecule has 0 bridgehead atoms. The molecule has 0 radical (unpaired) electrons. The van der Waals surface area contributed by atoms with E-state index in [0.717, 1.165) is 37.9 Å². The van der Waals surface area contributed by atoms with Crippen molar-refractivity contribution in [1.29, 1.82) is 0 Å². The summed E-state index contributed by atoms with van der Waals surface area (Å²) in [6.45, 7) is 2.22. The quantitative estimate of drug-likeness (QED) is 0.905.